The van der Waals surface area contributed by atoms with E-state index in [1.807, 2.05) is 19.1 Å². The van der Waals surface area contributed by atoms with E-state index in [1.54, 1.807) is 23.5 Å². The minimum absolute atomic E-state index is 0.234. The van der Waals surface area contributed by atoms with Gasteiger partial charge in [-0.1, -0.05) is 0 Å². The van der Waals surface area contributed by atoms with Gasteiger partial charge in [0, 0.05) is 22.0 Å². The summed E-state index contributed by atoms with van der Waals surface area (Å²) in [6.07, 6.45) is 0. The molecule has 0 fully saturated rings. The van der Waals surface area contributed by atoms with Crippen molar-refractivity contribution in [1.29, 1.82) is 0 Å². The number of hydrogen-bond acceptors (Lipinski definition) is 4. The zero-order valence-corrected chi connectivity index (χ0v) is 10.8. The van der Waals surface area contributed by atoms with Crippen molar-refractivity contribution in [3.8, 4) is 0 Å². The number of aromatic carboxylic acids is 1. The van der Waals surface area contributed by atoms with E-state index in [-0.39, 0.29) is 5.56 Å². The summed E-state index contributed by atoms with van der Waals surface area (Å²) in [4.78, 5) is 13.5. The van der Waals surface area contributed by atoms with Crippen LogP contribution in [0.4, 0.5) is 11.4 Å². The molecule has 2 rings (SSSR count). The first-order valence-corrected chi connectivity index (χ1v) is 6.30. The molecule has 18 heavy (non-hydrogen) atoms. The van der Waals surface area contributed by atoms with Crippen molar-refractivity contribution < 1.29 is 9.90 Å². The van der Waals surface area contributed by atoms with E-state index in [4.69, 9.17) is 10.8 Å². The molecule has 0 aliphatic heterocycles. The van der Waals surface area contributed by atoms with E-state index in [2.05, 4.69) is 5.32 Å². The summed E-state index contributed by atoms with van der Waals surface area (Å²) in [5.41, 5.74) is 7.00. The Kier molecular flexibility index (Phi) is 3.53. The summed E-state index contributed by atoms with van der Waals surface area (Å²) in [6, 6.07) is 8.81. The summed E-state index contributed by atoms with van der Waals surface area (Å²) < 4.78 is 0. The molecule has 0 saturated heterocycles. The molecule has 4 N–H and O–H groups in total. The van der Waals surface area contributed by atoms with E-state index in [0.717, 1.165) is 4.88 Å². The van der Waals surface area contributed by atoms with Gasteiger partial charge in [-0.15, -0.1) is 11.3 Å². The Morgan fingerprint density at radius 3 is 2.78 bits per heavy atom. The molecule has 5 heteroatoms. The highest BCUT2D eigenvalue weighted by molar-refractivity contribution is 7.11. The predicted molar refractivity (Wildman–Crippen MR) is 74.2 cm³/mol. The Bertz CT molecular complexity index is 578. The Morgan fingerprint density at radius 2 is 2.17 bits per heavy atom. The van der Waals surface area contributed by atoms with Crippen molar-refractivity contribution in [2.75, 3.05) is 11.1 Å². The van der Waals surface area contributed by atoms with Crippen LogP contribution in [-0.2, 0) is 6.54 Å². The van der Waals surface area contributed by atoms with Crippen LogP contribution in [0.15, 0.2) is 30.3 Å². The Morgan fingerprint density at radius 1 is 1.39 bits per heavy atom. The number of hydrogen-bond donors (Lipinski definition) is 3. The molecule has 1 aromatic carbocycles. The zero-order chi connectivity index (χ0) is 13.1. The minimum atomic E-state index is -0.958. The van der Waals surface area contributed by atoms with Crippen LogP contribution in [0.3, 0.4) is 0 Å². The number of carboxylic acid groups (broad SMARTS) is 1. The molecule has 0 bridgehead atoms. The monoisotopic (exact) mass is 262 g/mol. The van der Waals surface area contributed by atoms with Gasteiger partial charge in [0.25, 0.3) is 0 Å². The standard InChI is InChI=1S/C13H14N2O2S/c1-8-2-4-10(18-8)7-15-12-6-9(14)3-5-11(12)13(16)17/h2-6,15H,7,14H2,1H3,(H,16,17). The maximum atomic E-state index is 11.1. The fourth-order valence-electron chi connectivity index (χ4n) is 1.66. The SMILES string of the molecule is Cc1ccc(CNc2cc(N)ccc2C(=O)O)s1. The summed E-state index contributed by atoms with van der Waals surface area (Å²) >= 11 is 1.68. The van der Waals surface area contributed by atoms with E-state index < -0.39 is 5.97 Å². The number of rotatable bonds is 4. The first-order chi connectivity index (χ1) is 8.56. The second-order valence-corrected chi connectivity index (χ2v) is 5.35. The molecule has 0 atom stereocenters. The zero-order valence-electron chi connectivity index (χ0n) is 9.93. The smallest absolute Gasteiger partial charge is 0.337 e. The fourth-order valence-corrected chi connectivity index (χ4v) is 2.49. The van der Waals surface area contributed by atoms with Gasteiger partial charge in [-0.2, -0.15) is 0 Å². The average Bonchev–Trinajstić information content (AvgIpc) is 2.72. The third-order valence-electron chi connectivity index (χ3n) is 2.52. The highest BCUT2D eigenvalue weighted by atomic mass is 32.1. The van der Waals surface area contributed by atoms with Gasteiger partial charge in [-0.05, 0) is 37.3 Å². The molecule has 0 saturated carbocycles. The van der Waals surface area contributed by atoms with Crippen LogP contribution in [0, 0.1) is 6.92 Å². The molecule has 0 spiro atoms. The van der Waals surface area contributed by atoms with Crippen LogP contribution in [0.5, 0.6) is 0 Å². The van der Waals surface area contributed by atoms with Gasteiger partial charge in [-0.25, -0.2) is 4.79 Å². The molecule has 0 amide bonds. The number of nitrogens with two attached hydrogens (primary N) is 1. The van der Waals surface area contributed by atoms with Crippen LogP contribution in [0.1, 0.15) is 20.1 Å². The number of aryl methyl sites for hydroxylation is 1. The second kappa shape index (κ2) is 5.10. The molecular formula is C13H14N2O2S. The summed E-state index contributed by atoms with van der Waals surface area (Å²) in [5.74, 6) is -0.958. The van der Waals surface area contributed by atoms with E-state index in [1.165, 1.54) is 10.9 Å². The van der Waals surface area contributed by atoms with Gasteiger partial charge in [0.15, 0.2) is 0 Å². The lowest BCUT2D eigenvalue weighted by atomic mass is 10.1. The van der Waals surface area contributed by atoms with Gasteiger partial charge >= 0.3 is 5.97 Å². The summed E-state index contributed by atoms with van der Waals surface area (Å²) in [7, 11) is 0. The predicted octanol–water partition coefficient (Wildman–Crippen LogP) is 2.95. The van der Waals surface area contributed by atoms with Crippen molar-refractivity contribution in [3.63, 3.8) is 0 Å². The summed E-state index contributed by atoms with van der Waals surface area (Å²) in [6.45, 7) is 2.64. The molecular weight excluding hydrogens is 248 g/mol. The number of benzene rings is 1. The Balaban J connectivity index is 2.17. The van der Waals surface area contributed by atoms with Crippen molar-refractivity contribution >= 4 is 28.7 Å². The third-order valence-corrected chi connectivity index (χ3v) is 3.52. The van der Waals surface area contributed by atoms with Crippen molar-refractivity contribution in [2.45, 2.75) is 13.5 Å². The number of thiophene rings is 1. The summed E-state index contributed by atoms with van der Waals surface area (Å²) in [5, 5.41) is 12.2. The Hall–Kier alpha value is -2.01. The highest BCUT2D eigenvalue weighted by Crippen LogP contribution is 2.22. The molecule has 0 aliphatic carbocycles. The number of nitrogens with one attached hydrogen (secondary N) is 1. The second-order valence-electron chi connectivity index (χ2n) is 3.98. The first kappa shape index (κ1) is 12.4. The van der Waals surface area contributed by atoms with Crippen LogP contribution >= 0.6 is 11.3 Å². The van der Waals surface area contributed by atoms with Crippen LogP contribution in [0.25, 0.3) is 0 Å². The molecule has 0 aliphatic rings. The van der Waals surface area contributed by atoms with Crippen LogP contribution in [0.2, 0.25) is 0 Å². The van der Waals surface area contributed by atoms with Crippen LogP contribution in [-0.4, -0.2) is 11.1 Å². The number of nitrogen functional groups attached to an aromatic ring is 1. The van der Waals surface area contributed by atoms with E-state index in [0.29, 0.717) is 17.9 Å². The van der Waals surface area contributed by atoms with Crippen molar-refractivity contribution in [1.82, 2.24) is 0 Å². The molecule has 94 valence electrons. The van der Waals surface area contributed by atoms with Crippen molar-refractivity contribution in [3.05, 3.63) is 45.6 Å². The minimum Gasteiger partial charge on any atom is -0.478 e. The lowest BCUT2D eigenvalue weighted by Crippen LogP contribution is -2.06. The first-order valence-electron chi connectivity index (χ1n) is 5.48. The molecule has 2 aromatic rings. The number of anilines is 2. The fraction of sp³-hybridized carbons (Fsp3) is 0.154. The topological polar surface area (TPSA) is 75.3 Å². The van der Waals surface area contributed by atoms with E-state index in [9.17, 15) is 4.79 Å². The van der Waals surface area contributed by atoms with Gasteiger partial charge in [0.05, 0.1) is 11.3 Å². The molecule has 1 aromatic heterocycles. The van der Waals surface area contributed by atoms with Gasteiger partial charge in [-0.3, -0.25) is 0 Å². The lowest BCUT2D eigenvalue weighted by Gasteiger charge is -2.09. The number of carboxylic acids is 1. The normalized spacial score (nSPS) is 10.3. The van der Waals surface area contributed by atoms with Gasteiger partial charge in [0.1, 0.15) is 0 Å². The lowest BCUT2D eigenvalue weighted by molar-refractivity contribution is 0.0698. The molecule has 0 unspecified atom stereocenters. The highest BCUT2D eigenvalue weighted by Gasteiger charge is 2.10. The quantitative estimate of drug-likeness (QED) is 0.740. The molecule has 1 heterocycles. The van der Waals surface area contributed by atoms with Crippen molar-refractivity contribution in [2.24, 2.45) is 0 Å². The third kappa shape index (κ3) is 2.81. The molecule has 4 nitrogen and oxygen atoms in total. The number of carbonyl (C=O) groups is 1. The van der Waals surface area contributed by atoms with Crippen LogP contribution < -0.4 is 11.1 Å². The van der Waals surface area contributed by atoms with Gasteiger partial charge in [0.2, 0.25) is 0 Å². The maximum Gasteiger partial charge on any atom is 0.337 e. The Labute approximate surface area is 109 Å². The largest absolute Gasteiger partial charge is 0.478 e. The molecule has 0 radical (unpaired) electrons. The maximum absolute atomic E-state index is 11.1. The van der Waals surface area contributed by atoms with E-state index >= 15 is 0 Å². The average molecular weight is 262 g/mol. The van der Waals surface area contributed by atoms with Gasteiger partial charge < -0.3 is 16.2 Å².